The highest BCUT2D eigenvalue weighted by Gasteiger charge is 2.13. The maximum atomic E-state index is 4.50. The van der Waals surface area contributed by atoms with Crippen LogP contribution in [0.3, 0.4) is 0 Å². The van der Waals surface area contributed by atoms with Gasteiger partial charge in [-0.25, -0.2) is 4.98 Å². The first-order chi connectivity index (χ1) is 11.7. The molecule has 3 heterocycles. The van der Waals surface area contributed by atoms with Crippen molar-refractivity contribution < 1.29 is 0 Å². The summed E-state index contributed by atoms with van der Waals surface area (Å²) in [6.45, 7) is 5.91. The minimum atomic E-state index is 0.743. The summed E-state index contributed by atoms with van der Waals surface area (Å²) in [4.78, 5) is 13.8. The maximum Gasteiger partial charge on any atom is 0.191 e. The Kier molecular flexibility index (Phi) is 5.69. The molecule has 2 aromatic rings. The van der Waals surface area contributed by atoms with Crippen LogP contribution in [-0.4, -0.2) is 31.1 Å². The Bertz CT molecular complexity index is 688. The van der Waals surface area contributed by atoms with Crippen LogP contribution in [-0.2, 0) is 13.1 Å². The lowest BCUT2D eigenvalue weighted by atomic mass is 10.2. The minimum Gasteiger partial charge on any atom is -0.357 e. The number of thiophene rings is 1. The minimum absolute atomic E-state index is 0.743. The van der Waals surface area contributed by atoms with Crippen molar-refractivity contribution in [1.29, 1.82) is 0 Å². The molecule has 2 N–H and O–H groups in total. The Balaban J connectivity index is 1.52. The topological polar surface area (TPSA) is 52.6 Å². The monoisotopic (exact) mass is 343 g/mol. The first-order valence-corrected chi connectivity index (χ1v) is 9.26. The third-order valence-corrected chi connectivity index (χ3v) is 5.15. The highest BCUT2D eigenvalue weighted by Crippen LogP contribution is 2.18. The number of nitrogens with one attached hydrogen (secondary N) is 2. The number of aliphatic imine (C=N–C) groups is 1. The molecule has 0 amide bonds. The summed E-state index contributed by atoms with van der Waals surface area (Å²) >= 11 is 1.81. The van der Waals surface area contributed by atoms with Gasteiger partial charge in [-0.15, -0.1) is 11.3 Å². The molecule has 1 aliphatic heterocycles. The molecule has 5 nitrogen and oxygen atoms in total. The molecule has 3 rings (SSSR count). The number of anilines is 1. The van der Waals surface area contributed by atoms with Gasteiger partial charge < -0.3 is 15.5 Å². The summed E-state index contributed by atoms with van der Waals surface area (Å²) in [5.41, 5.74) is 1.22. The SMILES string of the molecule is CN=C(NCc1ccnc(N2CCCC2)c1)NCc1ccc(C)s1. The third kappa shape index (κ3) is 4.47. The standard InChI is InChI=1S/C18H25N5S/c1-14-5-6-16(24-14)13-22-18(19-2)21-12-15-7-8-20-17(11-15)23-9-3-4-10-23/h5-8,11H,3-4,9-10,12-13H2,1-2H3,(H2,19,21,22). The molecular weight excluding hydrogens is 318 g/mol. The van der Waals surface area contributed by atoms with E-state index in [0.717, 1.165) is 38.0 Å². The summed E-state index contributed by atoms with van der Waals surface area (Å²) in [7, 11) is 1.80. The van der Waals surface area contributed by atoms with E-state index in [4.69, 9.17) is 0 Å². The Morgan fingerprint density at radius 2 is 2.00 bits per heavy atom. The first kappa shape index (κ1) is 16.8. The second kappa shape index (κ2) is 8.15. The van der Waals surface area contributed by atoms with Crippen LogP contribution in [0.2, 0.25) is 0 Å². The number of hydrogen-bond acceptors (Lipinski definition) is 4. The van der Waals surface area contributed by atoms with Crippen LogP contribution in [0.5, 0.6) is 0 Å². The van der Waals surface area contributed by atoms with Crippen LogP contribution in [0.25, 0.3) is 0 Å². The number of guanidine groups is 1. The van der Waals surface area contributed by atoms with Gasteiger partial charge in [0.15, 0.2) is 5.96 Å². The molecule has 0 atom stereocenters. The van der Waals surface area contributed by atoms with E-state index in [2.05, 4.69) is 56.7 Å². The van der Waals surface area contributed by atoms with E-state index < -0.39 is 0 Å². The normalized spacial score (nSPS) is 14.9. The number of aryl methyl sites for hydroxylation is 1. The van der Waals surface area contributed by atoms with Gasteiger partial charge in [0.1, 0.15) is 5.82 Å². The molecule has 1 fully saturated rings. The Labute approximate surface area is 147 Å². The smallest absolute Gasteiger partial charge is 0.191 e. The molecule has 0 bridgehead atoms. The molecule has 0 aromatic carbocycles. The molecule has 1 aliphatic rings. The largest absolute Gasteiger partial charge is 0.357 e. The van der Waals surface area contributed by atoms with Crippen LogP contribution < -0.4 is 15.5 Å². The van der Waals surface area contributed by atoms with E-state index in [9.17, 15) is 0 Å². The summed E-state index contributed by atoms with van der Waals surface area (Å²) < 4.78 is 0. The van der Waals surface area contributed by atoms with Gasteiger partial charge in [-0.05, 0) is 49.6 Å². The molecular formula is C18H25N5S. The maximum absolute atomic E-state index is 4.50. The molecule has 0 saturated carbocycles. The van der Waals surface area contributed by atoms with Crippen LogP contribution >= 0.6 is 11.3 Å². The zero-order chi connectivity index (χ0) is 16.8. The molecule has 0 spiro atoms. The molecule has 0 aliphatic carbocycles. The molecule has 0 radical (unpaired) electrons. The van der Waals surface area contributed by atoms with Gasteiger partial charge >= 0.3 is 0 Å². The van der Waals surface area contributed by atoms with E-state index in [0.29, 0.717) is 0 Å². The second-order valence-corrected chi connectivity index (χ2v) is 7.38. The lowest BCUT2D eigenvalue weighted by Crippen LogP contribution is -2.36. The lowest BCUT2D eigenvalue weighted by Gasteiger charge is -2.17. The number of pyridine rings is 1. The van der Waals surface area contributed by atoms with Crippen molar-refractivity contribution in [2.75, 3.05) is 25.0 Å². The quantitative estimate of drug-likeness (QED) is 0.647. The fourth-order valence-corrected chi connectivity index (χ4v) is 3.68. The van der Waals surface area contributed by atoms with Crippen molar-refractivity contribution in [1.82, 2.24) is 15.6 Å². The van der Waals surface area contributed by atoms with Crippen molar-refractivity contribution in [3.63, 3.8) is 0 Å². The number of nitrogens with zero attached hydrogens (tertiary/aromatic N) is 3. The van der Waals surface area contributed by atoms with Gasteiger partial charge in [0.05, 0.1) is 6.54 Å². The number of rotatable bonds is 5. The van der Waals surface area contributed by atoms with Crippen LogP contribution in [0, 0.1) is 6.92 Å². The van der Waals surface area contributed by atoms with Gasteiger partial charge in [0.2, 0.25) is 0 Å². The van der Waals surface area contributed by atoms with Gasteiger partial charge in [-0.2, -0.15) is 0 Å². The van der Waals surface area contributed by atoms with E-state index in [1.807, 2.05) is 17.5 Å². The van der Waals surface area contributed by atoms with Crippen molar-refractivity contribution in [2.45, 2.75) is 32.9 Å². The van der Waals surface area contributed by atoms with Gasteiger partial charge in [-0.3, -0.25) is 4.99 Å². The molecule has 0 unspecified atom stereocenters. The number of aromatic nitrogens is 1. The van der Waals surface area contributed by atoms with Crippen LogP contribution in [0.15, 0.2) is 35.5 Å². The van der Waals surface area contributed by atoms with Crippen molar-refractivity contribution in [2.24, 2.45) is 4.99 Å². The number of hydrogen-bond donors (Lipinski definition) is 2. The second-order valence-electron chi connectivity index (χ2n) is 6.01. The molecule has 128 valence electrons. The Hall–Kier alpha value is -2.08. The van der Waals surface area contributed by atoms with Crippen molar-refractivity contribution >= 4 is 23.1 Å². The Morgan fingerprint density at radius 3 is 2.71 bits per heavy atom. The third-order valence-electron chi connectivity index (χ3n) is 4.15. The van der Waals surface area contributed by atoms with E-state index in [-0.39, 0.29) is 0 Å². The average molecular weight is 344 g/mol. The van der Waals surface area contributed by atoms with E-state index in [1.54, 1.807) is 7.05 Å². The van der Waals surface area contributed by atoms with E-state index >= 15 is 0 Å². The average Bonchev–Trinajstić information content (AvgIpc) is 3.27. The van der Waals surface area contributed by atoms with Gasteiger partial charge in [-0.1, -0.05) is 0 Å². The first-order valence-electron chi connectivity index (χ1n) is 8.44. The predicted octanol–water partition coefficient (Wildman–Crippen LogP) is 2.92. The highest BCUT2D eigenvalue weighted by molar-refractivity contribution is 7.11. The molecule has 1 saturated heterocycles. The zero-order valence-electron chi connectivity index (χ0n) is 14.4. The van der Waals surface area contributed by atoms with Crippen molar-refractivity contribution in [3.8, 4) is 0 Å². The fraction of sp³-hybridized carbons (Fsp3) is 0.444. The Morgan fingerprint density at radius 1 is 1.21 bits per heavy atom. The zero-order valence-corrected chi connectivity index (χ0v) is 15.2. The molecule has 6 heteroatoms. The lowest BCUT2D eigenvalue weighted by molar-refractivity contribution is 0.813. The molecule has 2 aromatic heterocycles. The molecule has 24 heavy (non-hydrogen) atoms. The predicted molar refractivity (Wildman–Crippen MR) is 102 cm³/mol. The van der Waals surface area contributed by atoms with Crippen molar-refractivity contribution in [3.05, 3.63) is 45.8 Å². The van der Waals surface area contributed by atoms with Crippen LogP contribution in [0.4, 0.5) is 5.82 Å². The summed E-state index contributed by atoms with van der Waals surface area (Å²) in [5.74, 6) is 1.91. The van der Waals surface area contributed by atoms with Gasteiger partial charge in [0.25, 0.3) is 0 Å². The van der Waals surface area contributed by atoms with Gasteiger partial charge in [0, 0.05) is 42.6 Å². The fourth-order valence-electron chi connectivity index (χ4n) is 2.85. The summed E-state index contributed by atoms with van der Waals surface area (Å²) in [6.07, 6.45) is 4.43. The summed E-state index contributed by atoms with van der Waals surface area (Å²) in [6, 6.07) is 8.54. The van der Waals surface area contributed by atoms with Crippen LogP contribution in [0.1, 0.15) is 28.2 Å². The summed E-state index contributed by atoms with van der Waals surface area (Å²) in [5, 5.41) is 6.74. The van der Waals surface area contributed by atoms with E-state index in [1.165, 1.54) is 28.2 Å². The highest BCUT2D eigenvalue weighted by atomic mass is 32.1.